The molecule has 1 aliphatic rings. The first-order chi connectivity index (χ1) is 8.20. The van der Waals surface area contributed by atoms with E-state index >= 15 is 0 Å². The average Bonchev–Trinajstić information content (AvgIpc) is 2.78. The molecule has 1 aromatic heterocycles. The minimum atomic E-state index is -0.498. The highest BCUT2D eigenvalue weighted by Crippen LogP contribution is 2.22. The minimum absolute atomic E-state index is 0.255. The van der Waals surface area contributed by atoms with E-state index in [1.54, 1.807) is 6.07 Å². The van der Waals surface area contributed by atoms with Gasteiger partial charge in [-0.1, -0.05) is 13.3 Å². The van der Waals surface area contributed by atoms with Crippen LogP contribution < -0.4 is 5.73 Å². The van der Waals surface area contributed by atoms with Gasteiger partial charge in [0.2, 0.25) is 0 Å². The van der Waals surface area contributed by atoms with Crippen molar-refractivity contribution < 1.29 is 9.21 Å². The van der Waals surface area contributed by atoms with Crippen LogP contribution in [-0.2, 0) is 6.54 Å². The Labute approximate surface area is 102 Å². The maximum absolute atomic E-state index is 10.9. The Hall–Kier alpha value is -1.29. The van der Waals surface area contributed by atoms with Gasteiger partial charge in [-0.25, -0.2) is 0 Å². The molecule has 0 bridgehead atoms. The van der Waals surface area contributed by atoms with Gasteiger partial charge < -0.3 is 10.2 Å². The van der Waals surface area contributed by atoms with Crippen LogP contribution in [0.25, 0.3) is 0 Å². The Kier molecular flexibility index (Phi) is 3.84. The van der Waals surface area contributed by atoms with Gasteiger partial charge in [0.05, 0.1) is 6.54 Å². The summed E-state index contributed by atoms with van der Waals surface area (Å²) in [5.74, 6) is 0.589. The Morgan fingerprint density at radius 1 is 1.53 bits per heavy atom. The zero-order valence-electron chi connectivity index (χ0n) is 10.3. The molecule has 0 aliphatic carbocycles. The molecule has 1 amide bonds. The number of furan rings is 1. The molecular formula is C13H20N2O2. The van der Waals surface area contributed by atoms with Crippen molar-refractivity contribution >= 4 is 5.91 Å². The molecule has 1 atom stereocenters. The van der Waals surface area contributed by atoms with Gasteiger partial charge >= 0.3 is 0 Å². The molecule has 0 radical (unpaired) electrons. The molecule has 1 fully saturated rings. The Morgan fingerprint density at radius 3 is 3.00 bits per heavy atom. The smallest absolute Gasteiger partial charge is 0.284 e. The van der Waals surface area contributed by atoms with Crippen molar-refractivity contribution in [1.82, 2.24) is 4.90 Å². The highest BCUT2D eigenvalue weighted by Gasteiger charge is 2.21. The molecular weight excluding hydrogens is 216 g/mol. The summed E-state index contributed by atoms with van der Waals surface area (Å²) in [6.07, 6.45) is 5.00. The Bertz CT molecular complexity index is 387. The molecule has 1 aromatic rings. The fourth-order valence-electron chi connectivity index (χ4n) is 2.53. The monoisotopic (exact) mass is 236 g/mol. The van der Waals surface area contributed by atoms with Crippen molar-refractivity contribution in [1.29, 1.82) is 0 Å². The average molecular weight is 236 g/mol. The number of carbonyl (C=O) groups excluding carboxylic acids is 1. The molecule has 17 heavy (non-hydrogen) atoms. The number of rotatable bonds is 4. The lowest BCUT2D eigenvalue weighted by atomic mass is 10.00. The van der Waals surface area contributed by atoms with Crippen molar-refractivity contribution in [3.05, 3.63) is 23.7 Å². The number of hydrogen-bond acceptors (Lipinski definition) is 3. The largest absolute Gasteiger partial charge is 0.455 e. The van der Waals surface area contributed by atoms with Gasteiger partial charge in [0.1, 0.15) is 5.76 Å². The zero-order valence-corrected chi connectivity index (χ0v) is 10.3. The van der Waals surface area contributed by atoms with Crippen LogP contribution in [0.5, 0.6) is 0 Å². The van der Waals surface area contributed by atoms with Gasteiger partial charge in [0, 0.05) is 6.04 Å². The number of likely N-dealkylation sites (tertiary alicyclic amines) is 1. The van der Waals surface area contributed by atoms with E-state index in [9.17, 15) is 4.79 Å². The van der Waals surface area contributed by atoms with Gasteiger partial charge in [0.25, 0.3) is 5.91 Å². The summed E-state index contributed by atoms with van der Waals surface area (Å²) in [5, 5.41) is 0. The zero-order chi connectivity index (χ0) is 12.3. The molecule has 2 N–H and O–H groups in total. The van der Waals surface area contributed by atoms with Gasteiger partial charge in [-0.15, -0.1) is 0 Å². The highest BCUT2D eigenvalue weighted by molar-refractivity contribution is 5.89. The normalized spacial score (nSPS) is 21.6. The second-order valence-electron chi connectivity index (χ2n) is 4.66. The third-order valence-corrected chi connectivity index (χ3v) is 3.48. The van der Waals surface area contributed by atoms with E-state index in [1.807, 2.05) is 6.07 Å². The van der Waals surface area contributed by atoms with Crippen molar-refractivity contribution in [3.8, 4) is 0 Å². The predicted molar refractivity (Wildman–Crippen MR) is 65.6 cm³/mol. The third-order valence-electron chi connectivity index (χ3n) is 3.48. The SMILES string of the molecule is CCC1CCCCN1Cc1ccc(C(N)=O)o1. The fraction of sp³-hybridized carbons (Fsp3) is 0.615. The number of carbonyl (C=O) groups is 1. The first kappa shape index (κ1) is 12.2. The minimum Gasteiger partial charge on any atom is -0.455 e. The van der Waals surface area contributed by atoms with E-state index in [-0.39, 0.29) is 5.76 Å². The Balaban J connectivity index is 2.00. The number of primary amides is 1. The summed E-state index contributed by atoms with van der Waals surface area (Å²) < 4.78 is 5.42. The molecule has 0 saturated carbocycles. The van der Waals surface area contributed by atoms with E-state index < -0.39 is 5.91 Å². The third kappa shape index (κ3) is 2.88. The lowest BCUT2D eigenvalue weighted by Crippen LogP contribution is -2.38. The maximum Gasteiger partial charge on any atom is 0.284 e. The van der Waals surface area contributed by atoms with Crippen molar-refractivity contribution in [2.75, 3.05) is 6.54 Å². The summed E-state index contributed by atoms with van der Waals surface area (Å²) in [6.45, 7) is 4.12. The van der Waals surface area contributed by atoms with Gasteiger partial charge in [-0.3, -0.25) is 9.69 Å². The van der Waals surface area contributed by atoms with Crippen LogP contribution in [0, 0.1) is 0 Å². The van der Waals surface area contributed by atoms with E-state index in [2.05, 4.69) is 11.8 Å². The highest BCUT2D eigenvalue weighted by atomic mass is 16.4. The van der Waals surface area contributed by atoms with Gasteiger partial charge in [0.15, 0.2) is 5.76 Å². The van der Waals surface area contributed by atoms with Crippen molar-refractivity contribution in [2.24, 2.45) is 5.73 Å². The van der Waals surface area contributed by atoms with Crippen LogP contribution in [0.15, 0.2) is 16.5 Å². The number of amides is 1. The first-order valence-corrected chi connectivity index (χ1v) is 6.33. The predicted octanol–water partition coefficient (Wildman–Crippen LogP) is 2.14. The van der Waals surface area contributed by atoms with E-state index in [0.29, 0.717) is 6.04 Å². The number of nitrogens with zero attached hydrogens (tertiary/aromatic N) is 1. The van der Waals surface area contributed by atoms with Crippen LogP contribution in [0.3, 0.4) is 0 Å². The summed E-state index contributed by atoms with van der Waals surface area (Å²) in [7, 11) is 0. The lowest BCUT2D eigenvalue weighted by Gasteiger charge is -2.34. The van der Waals surface area contributed by atoms with Crippen LogP contribution in [-0.4, -0.2) is 23.4 Å². The molecule has 94 valence electrons. The van der Waals surface area contributed by atoms with E-state index in [4.69, 9.17) is 10.2 Å². The second kappa shape index (κ2) is 5.36. The summed E-state index contributed by atoms with van der Waals surface area (Å²) in [4.78, 5) is 13.4. The molecule has 1 aliphatic heterocycles. The molecule has 1 unspecified atom stereocenters. The second-order valence-corrected chi connectivity index (χ2v) is 4.66. The van der Waals surface area contributed by atoms with Crippen molar-refractivity contribution in [3.63, 3.8) is 0 Å². The standard InChI is InChI=1S/C13H20N2O2/c1-2-10-5-3-4-8-15(10)9-11-6-7-12(17-11)13(14)16/h6-7,10H,2-5,8-9H2,1H3,(H2,14,16). The van der Waals surface area contributed by atoms with Gasteiger partial charge in [-0.05, 0) is 37.9 Å². The van der Waals surface area contributed by atoms with E-state index in [1.165, 1.54) is 25.7 Å². The summed E-state index contributed by atoms with van der Waals surface area (Å²) in [6, 6.07) is 4.15. The quantitative estimate of drug-likeness (QED) is 0.871. The van der Waals surface area contributed by atoms with Gasteiger partial charge in [-0.2, -0.15) is 0 Å². The molecule has 0 aromatic carbocycles. The first-order valence-electron chi connectivity index (χ1n) is 6.33. The maximum atomic E-state index is 10.9. The Morgan fingerprint density at radius 2 is 2.35 bits per heavy atom. The molecule has 4 heteroatoms. The molecule has 1 saturated heterocycles. The molecule has 2 heterocycles. The molecule has 0 spiro atoms. The summed E-state index contributed by atoms with van der Waals surface area (Å²) in [5.41, 5.74) is 5.17. The number of piperidine rings is 1. The van der Waals surface area contributed by atoms with Crippen LogP contribution >= 0.6 is 0 Å². The van der Waals surface area contributed by atoms with Crippen LogP contribution in [0.1, 0.15) is 48.9 Å². The van der Waals surface area contributed by atoms with Crippen LogP contribution in [0.4, 0.5) is 0 Å². The van der Waals surface area contributed by atoms with Crippen molar-refractivity contribution in [2.45, 2.75) is 45.2 Å². The summed E-state index contributed by atoms with van der Waals surface area (Å²) >= 11 is 0. The fourth-order valence-corrected chi connectivity index (χ4v) is 2.53. The topological polar surface area (TPSA) is 59.5 Å². The molecule has 2 rings (SSSR count). The number of hydrogen-bond donors (Lipinski definition) is 1. The molecule has 4 nitrogen and oxygen atoms in total. The number of nitrogens with two attached hydrogens (primary N) is 1. The lowest BCUT2D eigenvalue weighted by molar-refractivity contribution is 0.0962. The van der Waals surface area contributed by atoms with E-state index in [0.717, 1.165) is 18.8 Å². The van der Waals surface area contributed by atoms with Crippen LogP contribution in [0.2, 0.25) is 0 Å².